The van der Waals surface area contributed by atoms with Crippen LogP contribution in [0.15, 0.2) is 0 Å². The van der Waals surface area contributed by atoms with Gasteiger partial charge in [-0.25, -0.2) is 9.59 Å². The van der Waals surface area contributed by atoms with Crippen molar-refractivity contribution in [1.82, 2.24) is 5.32 Å². The van der Waals surface area contributed by atoms with E-state index in [4.69, 9.17) is 9.47 Å². The Kier molecular flexibility index (Phi) is 4.46. The summed E-state index contributed by atoms with van der Waals surface area (Å²) in [5, 5.41) is 2.63. The first-order valence-corrected chi connectivity index (χ1v) is 7.46. The van der Waals surface area contributed by atoms with Crippen molar-refractivity contribution in [2.45, 2.75) is 63.7 Å². The summed E-state index contributed by atoms with van der Waals surface area (Å²) in [6.45, 7) is 6.05. The predicted molar refractivity (Wildman–Crippen MR) is 75.8 cm³/mol. The number of nitrogens with one attached hydrogen (secondary N) is 1. The molecule has 2 aliphatic rings. The second-order valence-corrected chi connectivity index (χ2v) is 6.93. The van der Waals surface area contributed by atoms with E-state index in [1.807, 2.05) is 20.8 Å². The molecule has 6 heteroatoms. The van der Waals surface area contributed by atoms with Gasteiger partial charge in [-0.3, -0.25) is 0 Å². The Labute approximate surface area is 125 Å². The highest BCUT2D eigenvalue weighted by molar-refractivity contribution is 5.82. The summed E-state index contributed by atoms with van der Waals surface area (Å²) in [4.78, 5) is 23.9. The maximum atomic E-state index is 12.4. The van der Waals surface area contributed by atoms with Crippen LogP contribution in [0.2, 0.25) is 0 Å². The molecule has 1 aliphatic heterocycles. The molecule has 120 valence electrons. The SMILES string of the molecule is COC(=O)N[C@H](C(=O)OC(C)(C)C)[C@H]1CCOC2(CC2)C1. The number of esters is 1. The van der Waals surface area contributed by atoms with Crippen LogP contribution in [-0.4, -0.2) is 43.0 Å². The quantitative estimate of drug-likeness (QED) is 0.807. The van der Waals surface area contributed by atoms with Crippen molar-refractivity contribution >= 4 is 12.1 Å². The molecule has 2 atom stereocenters. The van der Waals surface area contributed by atoms with E-state index >= 15 is 0 Å². The van der Waals surface area contributed by atoms with Crippen molar-refractivity contribution < 1.29 is 23.8 Å². The highest BCUT2D eigenvalue weighted by Gasteiger charge is 2.50. The summed E-state index contributed by atoms with van der Waals surface area (Å²) >= 11 is 0. The fourth-order valence-corrected chi connectivity index (χ4v) is 2.76. The van der Waals surface area contributed by atoms with Gasteiger partial charge >= 0.3 is 12.1 Å². The molecular weight excluding hydrogens is 274 g/mol. The lowest BCUT2D eigenvalue weighted by molar-refractivity contribution is -0.160. The summed E-state index contributed by atoms with van der Waals surface area (Å²) in [5.74, 6) is -0.384. The van der Waals surface area contributed by atoms with E-state index in [0.717, 1.165) is 25.7 Å². The van der Waals surface area contributed by atoms with Crippen LogP contribution in [0.5, 0.6) is 0 Å². The van der Waals surface area contributed by atoms with Gasteiger partial charge in [0.25, 0.3) is 0 Å². The van der Waals surface area contributed by atoms with Gasteiger partial charge in [0, 0.05) is 6.61 Å². The first kappa shape index (κ1) is 16.1. The molecular formula is C15H25NO5. The molecule has 1 N–H and O–H groups in total. The Balaban J connectivity index is 2.07. The fourth-order valence-electron chi connectivity index (χ4n) is 2.76. The minimum absolute atomic E-state index is 0.0233. The first-order chi connectivity index (χ1) is 9.75. The van der Waals surface area contributed by atoms with E-state index in [9.17, 15) is 9.59 Å². The van der Waals surface area contributed by atoms with Crippen LogP contribution in [0.4, 0.5) is 4.79 Å². The minimum atomic E-state index is -0.682. The minimum Gasteiger partial charge on any atom is -0.458 e. The number of methoxy groups -OCH3 is 1. The molecule has 2 rings (SSSR count). The largest absolute Gasteiger partial charge is 0.458 e. The first-order valence-electron chi connectivity index (χ1n) is 7.46. The third-order valence-corrected chi connectivity index (χ3v) is 3.93. The van der Waals surface area contributed by atoms with E-state index in [0.29, 0.717) is 6.61 Å². The third-order valence-electron chi connectivity index (χ3n) is 3.93. The lowest BCUT2D eigenvalue weighted by Crippen LogP contribution is -2.51. The Bertz CT molecular complexity index is 411. The number of rotatable bonds is 3. The molecule has 0 bridgehead atoms. The van der Waals surface area contributed by atoms with Gasteiger partial charge in [0.05, 0.1) is 12.7 Å². The monoisotopic (exact) mass is 299 g/mol. The van der Waals surface area contributed by atoms with Crippen LogP contribution in [0.25, 0.3) is 0 Å². The van der Waals surface area contributed by atoms with Gasteiger partial charge in [0.15, 0.2) is 0 Å². The van der Waals surface area contributed by atoms with Gasteiger partial charge in [0.2, 0.25) is 0 Å². The summed E-state index contributed by atoms with van der Waals surface area (Å²) in [7, 11) is 1.29. The van der Waals surface area contributed by atoms with Crippen molar-refractivity contribution in [3.05, 3.63) is 0 Å². The van der Waals surface area contributed by atoms with E-state index in [-0.39, 0.29) is 11.5 Å². The zero-order valence-corrected chi connectivity index (χ0v) is 13.2. The molecule has 0 radical (unpaired) electrons. The van der Waals surface area contributed by atoms with Gasteiger partial charge in [-0.2, -0.15) is 0 Å². The summed E-state index contributed by atoms with van der Waals surface area (Å²) in [6, 6.07) is -0.682. The Morgan fingerprint density at radius 2 is 2.00 bits per heavy atom. The van der Waals surface area contributed by atoms with Crippen LogP contribution in [0.1, 0.15) is 46.5 Å². The molecule has 2 fully saturated rings. The maximum Gasteiger partial charge on any atom is 0.407 e. The molecule has 6 nitrogen and oxygen atoms in total. The molecule has 0 aromatic rings. The number of amides is 1. The summed E-state index contributed by atoms with van der Waals surface area (Å²) in [6.07, 6.45) is 2.96. The molecule has 1 saturated heterocycles. The average Bonchev–Trinajstić information content (AvgIpc) is 3.12. The number of ether oxygens (including phenoxy) is 3. The van der Waals surface area contributed by atoms with Gasteiger partial charge < -0.3 is 19.5 Å². The number of carbonyl (C=O) groups is 2. The summed E-state index contributed by atoms with van der Waals surface area (Å²) in [5.41, 5.74) is -0.656. The normalized spacial score (nSPS) is 25.0. The van der Waals surface area contributed by atoms with Crippen LogP contribution in [-0.2, 0) is 19.0 Å². The van der Waals surface area contributed by atoms with Crippen LogP contribution in [0.3, 0.4) is 0 Å². The molecule has 1 spiro atoms. The topological polar surface area (TPSA) is 73.9 Å². The van der Waals surface area contributed by atoms with Crippen LogP contribution < -0.4 is 5.32 Å². The second-order valence-electron chi connectivity index (χ2n) is 6.93. The van der Waals surface area contributed by atoms with Crippen molar-refractivity contribution in [3.8, 4) is 0 Å². The van der Waals surface area contributed by atoms with E-state index in [1.165, 1.54) is 7.11 Å². The molecule has 1 amide bonds. The molecule has 0 aromatic carbocycles. The summed E-state index contributed by atoms with van der Waals surface area (Å²) < 4.78 is 15.8. The van der Waals surface area contributed by atoms with Gasteiger partial charge in [0.1, 0.15) is 11.6 Å². The van der Waals surface area contributed by atoms with Gasteiger partial charge in [-0.1, -0.05) is 0 Å². The Morgan fingerprint density at radius 1 is 1.33 bits per heavy atom. The molecule has 0 aromatic heterocycles. The molecule has 21 heavy (non-hydrogen) atoms. The number of carbonyl (C=O) groups excluding carboxylic acids is 2. The zero-order valence-electron chi connectivity index (χ0n) is 13.2. The Hall–Kier alpha value is -1.30. The average molecular weight is 299 g/mol. The van der Waals surface area contributed by atoms with Crippen LogP contribution in [0, 0.1) is 5.92 Å². The Morgan fingerprint density at radius 3 is 2.52 bits per heavy atom. The van der Waals surface area contributed by atoms with Gasteiger partial charge in [-0.15, -0.1) is 0 Å². The molecule has 0 unspecified atom stereocenters. The smallest absolute Gasteiger partial charge is 0.407 e. The third kappa shape index (κ3) is 4.33. The number of alkyl carbamates (subject to hydrolysis) is 1. The lowest BCUT2D eigenvalue weighted by atomic mass is 9.87. The molecule has 1 aliphatic carbocycles. The van der Waals surface area contributed by atoms with Crippen molar-refractivity contribution in [2.75, 3.05) is 13.7 Å². The number of hydrogen-bond acceptors (Lipinski definition) is 5. The van der Waals surface area contributed by atoms with Gasteiger partial charge in [-0.05, 0) is 52.4 Å². The van der Waals surface area contributed by atoms with Crippen LogP contribution >= 0.6 is 0 Å². The number of hydrogen-bond donors (Lipinski definition) is 1. The van der Waals surface area contributed by atoms with Crippen molar-refractivity contribution in [3.63, 3.8) is 0 Å². The molecule has 1 saturated carbocycles. The van der Waals surface area contributed by atoms with Crippen molar-refractivity contribution in [1.29, 1.82) is 0 Å². The van der Waals surface area contributed by atoms with E-state index in [2.05, 4.69) is 10.1 Å². The van der Waals surface area contributed by atoms with Crippen molar-refractivity contribution in [2.24, 2.45) is 5.92 Å². The zero-order chi connectivity index (χ0) is 15.7. The predicted octanol–water partition coefficient (Wildman–Crippen LogP) is 2.01. The maximum absolute atomic E-state index is 12.4. The lowest BCUT2D eigenvalue weighted by Gasteiger charge is -2.35. The second kappa shape index (κ2) is 5.83. The highest BCUT2D eigenvalue weighted by Crippen LogP contribution is 2.48. The fraction of sp³-hybridized carbons (Fsp3) is 0.867. The molecule has 1 heterocycles. The standard InChI is InChI=1S/C15H25NO5/c1-14(2,3)21-12(17)11(16-13(18)19-4)10-5-8-20-15(9-10)6-7-15/h10-11H,5-9H2,1-4H3,(H,16,18)/t10-,11-/m0/s1. The van der Waals surface area contributed by atoms with E-state index < -0.39 is 23.7 Å². The van der Waals surface area contributed by atoms with E-state index in [1.54, 1.807) is 0 Å². The highest BCUT2D eigenvalue weighted by atomic mass is 16.6.